The van der Waals surface area contributed by atoms with Crippen LogP contribution in [0.5, 0.6) is 11.5 Å². The lowest BCUT2D eigenvalue weighted by molar-refractivity contribution is -0.200. The summed E-state index contributed by atoms with van der Waals surface area (Å²) in [5, 5.41) is 3.13. The molecular formula is C19H18F3N3O6. The number of methoxy groups -OCH3 is 2. The van der Waals surface area contributed by atoms with Crippen molar-refractivity contribution in [1.29, 1.82) is 0 Å². The molecule has 1 aromatic carbocycles. The van der Waals surface area contributed by atoms with Gasteiger partial charge in [0.1, 0.15) is 0 Å². The number of imide groups is 1. The van der Waals surface area contributed by atoms with Crippen LogP contribution in [-0.4, -0.2) is 55.3 Å². The number of benzene rings is 1. The highest BCUT2D eigenvalue weighted by atomic mass is 19.4. The van der Waals surface area contributed by atoms with Gasteiger partial charge in [0.2, 0.25) is 0 Å². The summed E-state index contributed by atoms with van der Waals surface area (Å²) in [5.41, 5.74) is -3.02. The van der Waals surface area contributed by atoms with Crippen LogP contribution in [0.4, 0.5) is 18.0 Å². The number of rotatable bonds is 7. The molecule has 4 amide bonds. The highest BCUT2D eigenvalue weighted by molar-refractivity contribution is 6.10. The van der Waals surface area contributed by atoms with Gasteiger partial charge < -0.3 is 19.2 Å². The molecular weight excluding hydrogens is 423 g/mol. The number of hydrogen-bond acceptors (Lipinski definition) is 6. The predicted octanol–water partition coefficient (Wildman–Crippen LogP) is 2.08. The minimum absolute atomic E-state index is 0.0413. The maximum Gasteiger partial charge on any atom is 0.440 e. The first-order chi connectivity index (χ1) is 14.6. The lowest BCUT2D eigenvalue weighted by Crippen LogP contribution is -2.69. The summed E-state index contributed by atoms with van der Waals surface area (Å²) in [5.74, 6) is -2.58. The van der Waals surface area contributed by atoms with E-state index in [2.05, 4.69) is 0 Å². The van der Waals surface area contributed by atoms with Crippen molar-refractivity contribution in [3.8, 4) is 11.5 Å². The molecule has 166 valence electrons. The first-order valence-electron chi connectivity index (χ1n) is 8.90. The van der Waals surface area contributed by atoms with Crippen LogP contribution in [-0.2, 0) is 11.2 Å². The molecule has 0 radical (unpaired) electrons. The molecule has 1 saturated heterocycles. The lowest BCUT2D eigenvalue weighted by atomic mass is 10.1. The third-order valence-corrected chi connectivity index (χ3v) is 4.65. The van der Waals surface area contributed by atoms with Gasteiger partial charge in [-0.1, -0.05) is 6.07 Å². The zero-order chi connectivity index (χ0) is 22.8. The summed E-state index contributed by atoms with van der Waals surface area (Å²) in [6, 6.07) is 5.91. The van der Waals surface area contributed by atoms with Crippen LogP contribution in [0.1, 0.15) is 16.1 Å². The van der Waals surface area contributed by atoms with E-state index in [0.29, 0.717) is 22.0 Å². The second-order valence-electron chi connectivity index (χ2n) is 6.51. The maximum atomic E-state index is 13.8. The van der Waals surface area contributed by atoms with E-state index < -0.39 is 35.4 Å². The van der Waals surface area contributed by atoms with Gasteiger partial charge in [0.15, 0.2) is 17.3 Å². The number of furan rings is 1. The second-order valence-corrected chi connectivity index (χ2v) is 6.51. The molecule has 0 aliphatic carbocycles. The molecule has 2 aromatic rings. The quantitative estimate of drug-likeness (QED) is 0.637. The Balaban J connectivity index is 1.81. The van der Waals surface area contributed by atoms with Gasteiger partial charge in [0.05, 0.1) is 20.5 Å². The van der Waals surface area contributed by atoms with Crippen LogP contribution in [0.2, 0.25) is 0 Å². The maximum absolute atomic E-state index is 13.8. The highest BCUT2D eigenvalue weighted by Gasteiger charge is 2.68. The van der Waals surface area contributed by atoms with E-state index in [1.165, 1.54) is 20.3 Å². The van der Waals surface area contributed by atoms with Crippen LogP contribution in [0, 0.1) is 0 Å². The molecule has 1 aliphatic rings. The van der Waals surface area contributed by atoms with Crippen LogP contribution in [0.3, 0.4) is 0 Å². The summed E-state index contributed by atoms with van der Waals surface area (Å²) < 4.78 is 56.5. The second kappa shape index (κ2) is 8.20. The topological polar surface area (TPSA) is 110 Å². The molecule has 2 N–H and O–H groups in total. The smallest absolute Gasteiger partial charge is 0.440 e. The van der Waals surface area contributed by atoms with E-state index in [-0.39, 0.29) is 13.0 Å². The number of nitrogens with zero attached hydrogens (tertiary/aromatic N) is 1. The van der Waals surface area contributed by atoms with Gasteiger partial charge in [-0.2, -0.15) is 13.2 Å². The van der Waals surface area contributed by atoms with Crippen molar-refractivity contribution in [2.24, 2.45) is 0 Å². The number of halogens is 3. The summed E-state index contributed by atoms with van der Waals surface area (Å²) in [4.78, 5) is 37.4. The Kier molecular flexibility index (Phi) is 5.82. The van der Waals surface area contributed by atoms with E-state index in [4.69, 9.17) is 13.9 Å². The van der Waals surface area contributed by atoms with Crippen LogP contribution >= 0.6 is 0 Å². The molecule has 0 saturated carbocycles. The SMILES string of the molecule is COc1ccc(CCN2C(=O)N[C@](NC(=O)c3ccco3)(C(F)(F)F)C2=O)cc1OC. The average Bonchev–Trinajstić information content (AvgIpc) is 3.34. The molecule has 1 fully saturated rings. The van der Waals surface area contributed by atoms with Crippen LogP contribution in [0.15, 0.2) is 41.0 Å². The Bertz CT molecular complexity index is 992. The van der Waals surface area contributed by atoms with Crippen LogP contribution in [0.25, 0.3) is 0 Å². The third kappa shape index (κ3) is 4.00. The third-order valence-electron chi connectivity index (χ3n) is 4.65. The highest BCUT2D eigenvalue weighted by Crippen LogP contribution is 2.34. The summed E-state index contributed by atoms with van der Waals surface area (Å²) in [6.07, 6.45) is -4.18. The molecule has 0 unspecified atom stereocenters. The average molecular weight is 441 g/mol. The van der Waals surface area contributed by atoms with Crippen LogP contribution < -0.4 is 20.1 Å². The van der Waals surface area contributed by atoms with Gasteiger partial charge in [-0.25, -0.2) is 4.79 Å². The predicted molar refractivity (Wildman–Crippen MR) is 98.5 cm³/mol. The normalized spacial score (nSPS) is 18.7. The molecule has 0 spiro atoms. The molecule has 1 aliphatic heterocycles. The van der Waals surface area contributed by atoms with E-state index >= 15 is 0 Å². The molecule has 12 heteroatoms. The van der Waals surface area contributed by atoms with Gasteiger partial charge in [-0.05, 0) is 36.2 Å². The van der Waals surface area contributed by atoms with Crippen molar-refractivity contribution in [1.82, 2.24) is 15.5 Å². The molecule has 0 bridgehead atoms. The van der Waals surface area contributed by atoms with Gasteiger partial charge in [-0.3, -0.25) is 19.8 Å². The van der Waals surface area contributed by atoms with E-state index in [1.54, 1.807) is 28.8 Å². The summed E-state index contributed by atoms with van der Waals surface area (Å²) >= 11 is 0. The number of carbonyl (C=O) groups is 3. The van der Waals surface area contributed by atoms with Crippen molar-refractivity contribution >= 4 is 17.8 Å². The number of alkyl halides is 3. The Labute approximate surface area is 174 Å². The number of ether oxygens (including phenoxy) is 2. The molecule has 1 atom stereocenters. The summed E-state index contributed by atoms with van der Waals surface area (Å²) in [6.45, 7) is -0.366. The minimum Gasteiger partial charge on any atom is -0.493 e. The molecule has 3 rings (SSSR count). The summed E-state index contributed by atoms with van der Waals surface area (Å²) in [7, 11) is 2.86. The molecule has 9 nitrogen and oxygen atoms in total. The van der Waals surface area contributed by atoms with Gasteiger partial charge in [0.25, 0.3) is 17.5 Å². The fourth-order valence-corrected chi connectivity index (χ4v) is 3.04. The number of hydrogen-bond donors (Lipinski definition) is 2. The molecule has 2 heterocycles. The Morgan fingerprint density at radius 1 is 1.19 bits per heavy atom. The first kappa shape index (κ1) is 22.0. The standard InChI is InChI=1S/C19H18F3N3O6/c1-29-12-6-5-11(10-14(12)30-2)7-8-25-16(27)18(19(20,21)22,24-17(25)28)23-15(26)13-4-3-9-31-13/h3-6,9-10H,7-8H2,1-2H3,(H,23,26)(H,24,28)/t18-/m0/s1. The zero-order valence-electron chi connectivity index (χ0n) is 16.4. The first-order valence-corrected chi connectivity index (χ1v) is 8.90. The molecule has 1 aromatic heterocycles. The van der Waals surface area contributed by atoms with Gasteiger partial charge in [0, 0.05) is 6.54 Å². The number of nitrogens with one attached hydrogen (secondary N) is 2. The van der Waals surface area contributed by atoms with Gasteiger partial charge >= 0.3 is 12.2 Å². The van der Waals surface area contributed by atoms with Crippen molar-refractivity contribution in [3.05, 3.63) is 47.9 Å². The van der Waals surface area contributed by atoms with Crippen molar-refractivity contribution in [3.63, 3.8) is 0 Å². The van der Waals surface area contributed by atoms with E-state index in [1.807, 2.05) is 0 Å². The van der Waals surface area contributed by atoms with E-state index in [0.717, 1.165) is 12.3 Å². The fraction of sp³-hybridized carbons (Fsp3) is 0.316. The Morgan fingerprint density at radius 3 is 2.48 bits per heavy atom. The molecule has 31 heavy (non-hydrogen) atoms. The number of urea groups is 1. The van der Waals surface area contributed by atoms with E-state index in [9.17, 15) is 27.6 Å². The largest absolute Gasteiger partial charge is 0.493 e. The zero-order valence-corrected chi connectivity index (χ0v) is 16.4. The Hall–Kier alpha value is -3.70. The van der Waals surface area contributed by atoms with Gasteiger partial charge in [-0.15, -0.1) is 0 Å². The lowest BCUT2D eigenvalue weighted by Gasteiger charge is -2.29. The van der Waals surface area contributed by atoms with Crippen molar-refractivity contribution in [2.75, 3.05) is 20.8 Å². The van der Waals surface area contributed by atoms with Crippen molar-refractivity contribution < 1.29 is 41.4 Å². The number of carbonyl (C=O) groups excluding carboxylic acids is 3. The minimum atomic E-state index is -5.31. The monoisotopic (exact) mass is 441 g/mol. The number of amides is 4. The van der Waals surface area contributed by atoms with Crippen molar-refractivity contribution in [2.45, 2.75) is 18.3 Å². The Morgan fingerprint density at radius 2 is 1.90 bits per heavy atom. The fourth-order valence-electron chi connectivity index (χ4n) is 3.04.